The summed E-state index contributed by atoms with van der Waals surface area (Å²) < 4.78 is 33.2. The molecule has 2 N–H and O–H groups in total. The lowest BCUT2D eigenvalue weighted by Gasteiger charge is -2.25. The lowest BCUT2D eigenvalue weighted by molar-refractivity contribution is -0.148. The first kappa shape index (κ1) is 15.4. The fourth-order valence-corrected chi connectivity index (χ4v) is 4.33. The molecule has 20 heavy (non-hydrogen) atoms. The van der Waals surface area contributed by atoms with E-state index in [2.05, 4.69) is 31.0 Å². The van der Waals surface area contributed by atoms with Gasteiger partial charge in [0.1, 0.15) is 5.41 Å². The third-order valence-corrected chi connectivity index (χ3v) is 5.59. The van der Waals surface area contributed by atoms with Gasteiger partial charge >= 0.3 is 5.97 Å². The van der Waals surface area contributed by atoms with Gasteiger partial charge in [0.15, 0.2) is 4.60 Å². The van der Waals surface area contributed by atoms with Gasteiger partial charge in [-0.3, -0.25) is 4.79 Å². The summed E-state index contributed by atoms with van der Waals surface area (Å²) in [6.45, 7) is 1.37. The molecule has 1 aliphatic rings. The predicted molar refractivity (Wildman–Crippen MR) is 69.4 cm³/mol. The van der Waals surface area contributed by atoms with Gasteiger partial charge in [0.05, 0.1) is 19.3 Å². The zero-order valence-corrected chi connectivity index (χ0v) is 13.1. The van der Waals surface area contributed by atoms with Crippen molar-refractivity contribution in [2.75, 3.05) is 13.2 Å². The Morgan fingerprint density at radius 3 is 2.80 bits per heavy atom. The molecule has 2 rings (SSSR count). The smallest absolute Gasteiger partial charge is 0.313 e. The van der Waals surface area contributed by atoms with Crippen LogP contribution in [0.2, 0.25) is 0 Å². The van der Waals surface area contributed by atoms with Crippen LogP contribution in [-0.2, 0) is 26.6 Å². The zero-order chi connectivity index (χ0) is 15.1. The van der Waals surface area contributed by atoms with Crippen LogP contribution < -0.4 is 4.72 Å². The summed E-state index contributed by atoms with van der Waals surface area (Å²) >= 11 is 3.00. The summed E-state index contributed by atoms with van der Waals surface area (Å²) in [7, 11) is -2.54. The average Bonchev–Trinajstić information content (AvgIpc) is 2.84. The fraction of sp³-hybridized carbons (Fsp3) is 0.667. The van der Waals surface area contributed by atoms with Gasteiger partial charge in [0.2, 0.25) is 5.03 Å². The van der Waals surface area contributed by atoms with Gasteiger partial charge in [-0.2, -0.15) is 0 Å². The average molecular weight is 369 g/mol. The number of aliphatic carboxylic acids is 1. The molecular formula is C9H13BrN4O5S. The van der Waals surface area contributed by atoms with Gasteiger partial charge in [0, 0.05) is 7.05 Å². The van der Waals surface area contributed by atoms with E-state index in [1.807, 2.05) is 0 Å². The van der Waals surface area contributed by atoms with Crippen molar-refractivity contribution in [3.05, 3.63) is 4.60 Å². The molecule has 112 valence electrons. The molecule has 11 heteroatoms. The van der Waals surface area contributed by atoms with Crippen molar-refractivity contribution in [2.45, 2.75) is 18.0 Å². The van der Waals surface area contributed by atoms with Gasteiger partial charge in [-0.05, 0) is 22.9 Å². The number of carbonyl (C=O) groups is 1. The van der Waals surface area contributed by atoms with Crippen LogP contribution >= 0.6 is 15.9 Å². The zero-order valence-electron chi connectivity index (χ0n) is 10.7. The Bertz CT molecular complexity index is 625. The van der Waals surface area contributed by atoms with Crippen molar-refractivity contribution >= 4 is 31.9 Å². The number of aromatic nitrogens is 3. The van der Waals surface area contributed by atoms with E-state index in [9.17, 15) is 18.3 Å². The molecule has 1 fully saturated rings. The Hall–Kier alpha value is -1.04. The Labute approximate surface area is 123 Å². The van der Waals surface area contributed by atoms with Gasteiger partial charge in [0.25, 0.3) is 10.0 Å². The highest BCUT2D eigenvalue weighted by atomic mass is 79.9. The van der Waals surface area contributed by atoms with E-state index in [0.29, 0.717) is 0 Å². The minimum atomic E-state index is -3.97. The van der Waals surface area contributed by atoms with Crippen molar-refractivity contribution in [1.29, 1.82) is 0 Å². The van der Waals surface area contributed by atoms with Crippen LogP contribution in [0.15, 0.2) is 9.63 Å². The lowest BCUT2D eigenvalue weighted by Crippen LogP contribution is -2.49. The molecular weight excluding hydrogens is 356 g/mol. The van der Waals surface area contributed by atoms with Crippen LogP contribution in [0.1, 0.15) is 6.92 Å². The maximum absolute atomic E-state index is 12.3. The van der Waals surface area contributed by atoms with Gasteiger partial charge in [-0.15, -0.1) is 5.10 Å². The molecule has 0 amide bonds. The number of nitrogens with zero attached hydrogens (tertiary/aromatic N) is 3. The van der Waals surface area contributed by atoms with Crippen molar-refractivity contribution < 1.29 is 23.1 Å². The van der Waals surface area contributed by atoms with Crippen LogP contribution in [0, 0.1) is 5.41 Å². The molecule has 0 saturated carbocycles. The minimum absolute atomic E-state index is 0.00900. The quantitative estimate of drug-likeness (QED) is 0.723. The second-order valence-corrected chi connectivity index (χ2v) is 7.10. The second kappa shape index (κ2) is 5.06. The number of hydrogen-bond acceptors (Lipinski definition) is 6. The summed E-state index contributed by atoms with van der Waals surface area (Å²) in [5, 5.41) is 16.2. The van der Waals surface area contributed by atoms with Crippen molar-refractivity contribution in [3.63, 3.8) is 0 Å². The first-order valence-electron chi connectivity index (χ1n) is 5.57. The monoisotopic (exact) mass is 368 g/mol. The molecule has 1 aliphatic heterocycles. The number of sulfonamides is 1. The van der Waals surface area contributed by atoms with Gasteiger partial charge < -0.3 is 9.84 Å². The van der Waals surface area contributed by atoms with Gasteiger partial charge in [-0.25, -0.2) is 17.8 Å². The highest BCUT2D eigenvalue weighted by Crippen LogP contribution is 2.30. The number of ether oxygens (including phenoxy) is 1. The Morgan fingerprint density at radius 2 is 2.30 bits per heavy atom. The molecule has 2 heterocycles. The molecule has 0 bridgehead atoms. The molecule has 9 nitrogen and oxygen atoms in total. The van der Waals surface area contributed by atoms with E-state index >= 15 is 0 Å². The van der Waals surface area contributed by atoms with E-state index in [-0.39, 0.29) is 22.8 Å². The highest BCUT2D eigenvalue weighted by molar-refractivity contribution is 9.10. The number of nitrogens with one attached hydrogen (secondary N) is 1. The van der Waals surface area contributed by atoms with E-state index in [1.165, 1.54) is 14.0 Å². The number of rotatable bonds is 4. The standard InChI is InChI=1S/C9H13BrN4O5S/c1-9(8(15)16)4-19-3-5(9)12-20(17,18)7-6(10)11-13-14(7)2/h5,12H,3-4H2,1-2H3,(H,15,16). The summed E-state index contributed by atoms with van der Waals surface area (Å²) in [6.07, 6.45) is 0. The fourth-order valence-electron chi connectivity index (χ4n) is 1.90. The molecule has 0 aromatic carbocycles. The normalized spacial score (nSPS) is 26.9. The SMILES string of the molecule is Cn1nnc(Br)c1S(=O)(=O)NC1COCC1(C)C(=O)O. The molecule has 0 spiro atoms. The van der Waals surface area contributed by atoms with Crippen LogP contribution in [0.5, 0.6) is 0 Å². The highest BCUT2D eigenvalue weighted by Gasteiger charge is 2.48. The molecule has 1 aromatic heterocycles. The predicted octanol–water partition coefficient (Wildman–Crippen LogP) is -0.654. The van der Waals surface area contributed by atoms with Crippen LogP contribution in [-0.4, -0.2) is 53.7 Å². The summed E-state index contributed by atoms with van der Waals surface area (Å²) in [5.41, 5.74) is -1.31. The summed E-state index contributed by atoms with van der Waals surface area (Å²) in [6, 6.07) is -0.869. The Morgan fingerprint density at radius 1 is 1.65 bits per heavy atom. The van der Waals surface area contributed by atoms with Crippen LogP contribution in [0.4, 0.5) is 0 Å². The maximum Gasteiger partial charge on any atom is 0.313 e. The summed E-state index contributed by atoms with van der Waals surface area (Å²) in [5.74, 6) is -1.12. The third-order valence-electron chi connectivity index (χ3n) is 3.23. The topological polar surface area (TPSA) is 123 Å². The molecule has 1 aromatic rings. The molecule has 2 unspecified atom stereocenters. The number of aryl methyl sites for hydroxylation is 1. The molecule has 1 saturated heterocycles. The Balaban J connectivity index is 2.32. The maximum atomic E-state index is 12.3. The van der Waals surface area contributed by atoms with Crippen LogP contribution in [0.25, 0.3) is 0 Å². The minimum Gasteiger partial charge on any atom is -0.481 e. The third kappa shape index (κ3) is 2.45. The van der Waals surface area contributed by atoms with Crippen molar-refractivity contribution in [1.82, 2.24) is 19.7 Å². The molecule has 0 aliphatic carbocycles. The lowest BCUT2D eigenvalue weighted by atomic mass is 9.86. The first-order chi connectivity index (χ1) is 9.18. The van der Waals surface area contributed by atoms with E-state index in [1.54, 1.807) is 0 Å². The number of halogens is 1. The molecule has 2 atom stereocenters. The Kier molecular flexibility index (Phi) is 3.88. The van der Waals surface area contributed by atoms with E-state index in [4.69, 9.17) is 4.74 Å². The first-order valence-corrected chi connectivity index (χ1v) is 7.85. The molecule has 0 radical (unpaired) electrons. The number of carboxylic acids is 1. The van der Waals surface area contributed by atoms with Crippen LogP contribution in [0.3, 0.4) is 0 Å². The van der Waals surface area contributed by atoms with Crippen molar-refractivity contribution in [2.24, 2.45) is 12.5 Å². The number of carboxylic acid groups (broad SMARTS) is 1. The van der Waals surface area contributed by atoms with Crippen molar-refractivity contribution in [3.8, 4) is 0 Å². The number of hydrogen-bond donors (Lipinski definition) is 2. The van der Waals surface area contributed by atoms with Gasteiger partial charge in [-0.1, -0.05) is 5.21 Å². The largest absolute Gasteiger partial charge is 0.481 e. The second-order valence-electron chi connectivity index (χ2n) is 4.72. The summed E-state index contributed by atoms with van der Waals surface area (Å²) in [4.78, 5) is 11.3. The van der Waals surface area contributed by atoms with E-state index < -0.39 is 27.4 Å². The van der Waals surface area contributed by atoms with E-state index in [0.717, 1.165) is 4.68 Å².